The molecule has 0 saturated heterocycles. The number of rotatable bonds is 4. The summed E-state index contributed by atoms with van der Waals surface area (Å²) >= 11 is 1.64. The lowest BCUT2D eigenvalue weighted by atomic mass is 10.1. The first-order valence-corrected chi connectivity index (χ1v) is 8.48. The van der Waals surface area contributed by atoms with Gasteiger partial charge in [-0.2, -0.15) is 11.3 Å². The first kappa shape index (κ1) is 14.7. The van der Waals surface area contributed by atoms with Gasteiger partial charge >= 0.3 is 0 Å². The molecule has 0 aliphatic heterocycles. The van der Waals surface area contributed by atoms with Crippen LogP contribution in [0.5, 0.6) is 0 Å². The van der Waals surface area contributed by atoms with Crippen LogP contribution in [0, 0.1) is 0 Å². The van der Waals surface area contributed by atoms with Crippen LogP contribution in [-0.4, -0.2) is 10.9 Å². The van der Waals surface area contributed by atoms with Gasteiger partial charge in [0, 0.05) is 29.1 Å². The van der Waals surface area contributed by atoms with E-state index >= 15 is 0 Å². The second kappa shape index (κ2) is 6.29. The summed E-state index contributed by atoms with van der Waals surface area (Å²) in [6, 6.07) is 15.3. The molecule has 0 spiro atoms. The molecular formula is C19H14N2O2S. The lowest BCUT2D eigenvalue weighted by Gasteiger charge is -2.05. The number of nitrogens with zero attached hydrogens (tertiary/aromatic N) is 1. The molecule has 0 radical (unpaired) electrons. The van der Waals surface area contributed by atoms with Crippen molar-refractivity contribution >= 4 is 28.2 Å². The van der Waals surface area contributed by atoms with E-state index in [0.29, 0.717) is 17.9 Å². The number of nitrogens with one attached hydrogen (secondary N) is 1. The number of carbonyl (C=O) groups excluding carboxylic acids is 1. The molecular weight excluding hydrogens is 320 g/mol. The van der Waals surface area contributed by atoms with E-state index in [0.717, 1.165) is 22.2 Å². The number of carbonyl (C=O) groups is 1. The van der Waals surface area contributed by atoms with Gasteiger partial charge < -0.3 is 9.73 Å². The van der Waals surface area contributed by atoms with E-state index in [1.165, 1.54) is 0 Å². The predicted molar refractivity (Wildman–Crippen MR) is 94.9 cm³/mol. The van der Waals surface area contributed by atoms with Crippen molar-refractivity contribution in [2.45, 2.75) is 6.54 Å². The summed E-state index contributed by atoms with van der Waals surface area (Å²) < 4.78 is 5.58. The van der Waals surface area contributed by atoms with E-state index in [9.17, 15) is 4.79 Å². The topological polar surface area (TPSA) is 55.1 Å². The first-order chi connectivity index (χ1) is 11.8. The molecule has 3 aromatic heterocycles. The van der Waals surface area contributed by atoms with Gasteiger partial charge in [-0.15, -0.1) is 0 Å². The van der Waals surface area contributed by atoms with E-state index in [1.54, 1.807) is 23.6 Å². The Bertz CT molecular complexity index is 956. The van der Waals surface area contributed by atoms with Crippen LogP contribution in [-0.2, 0) is 6.54 Å². The summed E-state index contributed by atoms with van der Waals surface area (Å²) in [4.78, 5) is 16.7. The summed E-state index contributed by atoms with van der Waals surface area (Å²) in [5.74, 6) is 0.100. The van der Waals surface area contributed by atoms with E-state index in [2.05, 4.69) is 15.7 Å². The Morgan fingerprint density at radius 3 is 2.92 bits per heavy atom. The third-order valence-corrected chi connectivity index (χ3v) is 4.43. The molecule has 4 nitrogen and oxygen atoms in total. The largest absolute Gasteiger partial charge is 0.451 e. The Kier molecular flexibility index (Phi) is 3.84. The maximum atomic E-state index is 12.3. The average molecular weight is 334 g/mol. The number of aromatic nitrogens is 1. The minimum atomic E-state index is -0.222. The first-order valence-electron chi connectivity index (χ1n) is 7.54. The third kappa shape index (κ3) is 2.94. The Morgan fingerprint density at radius 1 is 1.17 bits per heavy atom. The smallest absolute Gasteiger partial charge is 0.287 e. The van der Waals surface area contributed by atoms with E-state index in [1.807, 2.05) is 47.8 Å². The maximum absolute atomic E-state index is 12.3. The molecule has 0 aliphatic carbocycles. The van der Waals surface area contributed by atoms with Crippen molar-refractivity contribution in [3.05, 3.63) is 76.8 Å². The number of thiophene rings is 1. The monoisotopic (exact) mass is 334 g/mol. The lowest BCUT2D eigenvalue weighted by molar-refractivity contribution is 0.0925. The fourth-order valence-corrected chi connectivity index (χ4v) is 3.17. The zero-order valence-electron chi connectivity index (χ0n) is 12.7. The Balaban J connectivity index is 1.48. The minimum Gasteiger partial charge on any atom is -0.451 e. The maximum Gasteiger partial charge on any atom is 0.287 e. The highest BCUT2D eigenvalue weighted by Crippen LogP contribution is 2.21. The van der Waals surface area contributed by atoms with Crippen molar-refractivity contribution in [3.63, 3.8) is 0 Å². The molecule has 0 unspecified atom stereocenters. The van der Waals surface area contributed by atoms with Crippen molar-refractivity contribution in [3.8, 4) is 11.3 Å². The molecule has 0 saturated carbocycles. The molecule has 1 aromatic carbocycles. The summed E-state index contributed by atoms with van der Waals surface area (Å²) in [7, 11) is 0. The second-order valence-electron chi connectivity index (χ2n) is 5.39. The van der Waals surface area contributed by atoms with Gasteiger partial charge in [0.2, 0.25) is 0 Å². The van der Waals surface area contributed by atoms with Crippen LogP contribution in [0.2, 0.25) is 0 Å². The average Bonchev–Trinajstić information content (AvgIpc) is 3.29. The highest BCUT2D eigenvalue weighted by atomic mass is 32.1. The Hall–Kier alpha value is -2.92. The molecule has 118 valence electrons. The van der Waals surface area contributed by atoms with Gasteiger partial charge in [0.25, 0.3) is 5.91 Å². The van der Waals surface area contributed by atoms with Gasteiger partial charge in [0.1, 0.15) is 5.58 Å². The Labute approximate surface area is 142 Å². The normalized spacial score (nSPS) is 10.8. The van der Waals surface area contributed by atoms with Gasteiger partial charge in [-0.05, 0) is 41.3 Å². The molecule has 4 aromatic rings. The number of hydrogen-bond donors (Lipinski definition) is 1. The highest BCUT2D eigenvalue weighted by Gasteiger charge is 2.12. The van der Waals surface area contributed by atoms with Gasteiger partial charge in [0.05, 0.1) is 5.69 Å². The lowest BCUT2D eigenvalue weighted by Crippen LogP contribution is -2.22. The summed E-state index contributed by atoms with van der Waals surface area (Å²) in [5.41, 5.74) is 3.71. The number of furan rings is 1. The summed E-state index contributed by atoms with van der Waals surface area (Å²) in [6.07, 6.45) is 1.76. The van der Waals surface area contributed by atoms with Gasteiger partial charge in [-0.3, -0.25) is 9.78 Å². The predicted octanol–water partition coefficient (Wildman–Crippen LogP) is 4.49. The molecule has 0 bridgehead atoms. The van der Waals surface area contributed by atoms with E-state index < -0.39 is 0 Å². The summed E-state index contributed by atoms with van der Waals surface area (Å²) in [5, 5.41) is 7.89. The number of amides is 1. The molecule has 5 heteroatoms. The third-order valence-electron chi connectivity index (χ3n) is 3.74. The molecule has 3 heterocycles. The number of para-hydroxylation sites is 1. The van der Waals surface area contributed by atoms with Gasteiger partial charge in [0.15, 0.2) is 5.76 Å². The Morgan fingerprint density at radius 2 is 2.08 bits per heavy atom. The van der Waals surface area contributed by atoms with Crippen LogP contribution in [0.3, 0.4) is 0 Å². The fourth-order valence-electron chi connectivity index (χ4n) is 2.52. The quantitative estimate of drug-likeness (QED) is 0.598. The van der Waals surface area contributed by atoms with E-state index in [-0.39, 0.29) is 5.91 Å². The van der Waals surface area contributed by atoms with E-state index in [4.69, 9.17) is 4.42 Å². The van der Waals surface area contributed by atoms with Crippen LogP contribution >= 0.6 is 11.3 Å². The van der Waals surface area contributed by atoms with Gasteiger partial charge in [-0.1, -0.05) is 18.2 Å². The molecule has 1 N–H and O–H groups in total. The van der Waals surface area contributed by atoms with Gasteiger partial charge in [-0.25, -0.2) is 0 Å². The SMILES string of the molecule is O=C(NCc1ccnc(-c2ccsc2)c1)c1cc2ccccc2o1. The molecule has 4 rings (SSSR count). The van der Waals surface area contributed by atoms with Crippen molar-refractivity contribution in [1.29, 1.82) is 0 Å². The molecule has 0 aliphatic rings. The second-order valence-corrected chi connectivity index (χ2v) is 6.17. The molecule has 0 atom stereocenters. The van der Waals surface area contributed by atoms with Crippen molar-refractivity contribution in [2.24, 2.45) is 0 Å². The number of pyridine rings is 1. The van der Waals surface area contributed by atoms with Crippen LogP contribution in [0.25, 0.3) is 22.2 Å². The zero-order chi connectivity index (χ0) is 16.4. The molecule has 0 fully saturated rings. The van der Waals surface area contributed by atoms with Crippen LogP contribution in [0.15, 0.2) is 69.9 Å². The zero-order valence-corrected chi connectivity index (χ0v) is 13.5. The van der Waals surface area contributed by atoms with Crippen molar-refractivity contribution < 1.29 is 9.21 Å². The van der Waals surface area contributed by atoms with Crippen LogP contribution < -0.4 is 5.32 Å². The fraction of sp³-hybridized carbons (Fsp3) is 0.0526. The minimum absolute atomic E-state index is 0.222. The van der Waals surface area contributed by atoms with Crippen LogP contribution in [0.4, 0.5) is 0 Å². The van der Waals surface area contributed by atoms with Crippen molar-refractivity contribution in [2.75, 3.05) is 0 Å². The molecule has 1 amide bonds. The number of benzene rings is 1. The number of fused-ring (bicyclic) bond motifs is 1. The number of hydrogen-bond acceptors (Lipinski definition) is 4. The summed E-state index contributed by atoms with van der Waals surface area (Å²) in [6.45, 7) is 0.426. The highest BCUT2D eigenvalue weighted by molar-refractivity contribution is 7.08. The standard InChI is InChI=1S/C19H14N2O2S/c22-19(18-10-14-3-1-2-4-17(14)23-18)21-11-13-5-7-20-16(9-13)15-6-8-24-12-15/h1-10,12H,11H2,(H,21,22). The van der Waals surface area contributed by atoms with Crippen molar-refractivity contribution in [1.82, 2.24) is 10.3 Å². The van der Waals surface area contributed by atoms with Crippen LogP contribution in [0.1, 0.15) is 16.1 Å². The molecule has 24 heavy (non-hydrogen) atoms.